The molecule has 100 valence electrons. The molecule has 0 amide bonds. The normalized spacial score (nSPS) is 10.6. The minimum atomic E-state index is -0.716. The van der Waals surface area contributed by atoms with Crippen LogP contribution in [0.4, 0.5) is 0 Å². The van der Waals surface area contributed by atoms with Gasteiger partial charge in [0.15, 0.2) is 5.78 Å². The average Bonchev–Trinajstić information content (AvgIpc) is 2.29. The molecule has 1 aromatic heterocycles. The van der Waals surface area contributed by atoms with E-state index in [4.69, 9.17) is 4.42 Å². The molecular weight excluding hydrogens is 232 g/mol. The third kappa shape index (κ3) is 2.81. The van der Waals surface area contributed by atoms with Gasteiger partial charge in [0.1, 0.15) is 17.1 Å². The molecule has 0 fully saturated rings. The molecule has 0 aliphatic carbocycles. The maximum absolute atomic E-state index is 11.8. The molecule has 0 unspecified atom stereocenters. The Labute approximate surface area is 107 Å². The van der Waals surface area contributed by atoms with Gasteiger partial charge in [-0.25, -0.2) is 4.79 Å². The minimum absolute atomic E-state index is 0.185. The third-order valence-corrected chi connectivity index (χ3v) is 2.87. The van der Waals surface area contributed by atoms with Crippen molar-refractivity contribution >= 4 is 5.78 Å². The van der Waals surface area contributed by atoms with Gasteiger partial charge in [0.05, 0.1) is 0 Å². The predicted octanol–water partition coefficient (Wildman–Crippen LogP) is 2.84. The summed E-state index contributed by atoms with van der Waals surface area (Å²) in [6.07, 6.45) is 2.83. The monoisotopic (exact) mass is 252 g/mol. The van der Waals surface area contributed by atoms with Crippen LogP contribution in [0.5, 0.6) is 5.75 Å². The Bertz CT molecular complexity index is 485. The summed E-state index contributed by atoms with van der Waals surface area (Å²) in [4.78, 5) is 23.6. The Morgan fingerprint density at radius 1 is 1.22 bits per heavy atom. The number of Topliss-reactive ketones (excluding diaryl/α,β-unsaturated/α-hetero) is 1. The standard InChI is InChI=1S/C14H20O4/c1-4-7-10(15)12-13(16)9(6-3)11(8-5-2)18-14(12)17/h16H,4-8H2,1-3H3. The lowest BCUT2D eigenvalue weighted by Crippen LogP contribution is -2.17. The van der Waals surface area contributed by atoms with E-state index in [2.05, 4.69) is 0 Å². The summed E-state index contributed by atoms with van der Waals surface area (Å²) >= 11 is 0. The summed E-state index contributed by atoms with van der Waals surface area (Å²) in [5.41, 5.74) is -0.323. The van der Waals surface area contributed by atoms with E-state index in [9.17, 15) is 14.7 Å². The highest BCUT2D eigenvalue weighted by Gasteiger charge is 2.22. The number of ketones is 1. The summed E-state index contributed by atoms with van der Waals surface area (Å²) in [6.45, 7) is 5.68. The highest BCUT2D eigenvalue weighted by atomic mass is 16.4. The van der Waals surface area contributed by atoms with Crippen molar-refractivity contribution < 1.29 is 14.3 Å². The van der Waals surface area contributed by atoms with Gasteiger partial charge in [-0.3, -0.25) is 4.79 Å². The van der Waals surface area contributed by atoms with Crippen LogP contribution in [-0.4, -0.2) is 10.9 Å². The molecule has 1 N–H and O–H groups in total. The number of hydrogen-bond donors (Lipinski definition) is 1. The van der Waals surface area contributed by atoms with Crippen molar-refractivity contribution in [2.75, 3.05) is 0 Å². The van der Waals surface area contributed by atoms with E-state index in [1.165, 1.54) is 0 Å². The summed E-state index contributed by atoms with van der Waals surface area (Å²) < 4.78 is 5.18. The van der Waals surface area contributed by atoms with Gasteiger partial charge in [-0.05, 0) is 19.3 Å². The molecule has 1 aromatic rings. The van der Waals surface area contributed by atoms with E-state index in [0.717, 1.165) is 6.42 Å². The van der Waals surface area contributed by atoms with Crippen molar-refractivity contribution in [2.24, 2.45) is 0 Å². The largest absolute Gasteiger partial charge is 0.506 e. The molecule has 0 bridgehead atoms. The van der Waals surface area contributed by atoms with E-state index in [1.54, 1.807) is 0 Å². The van der Waals surface area contributed by atoms with Crippen molar-refractivity contribution in [1.29, 1.82) is 0 Å². The summed E-state index contributed by atoms with van der Waals surface area (Å²) in [5, 5.41) is 10.1. The lowest BCUT2D eigenvalue weighted by Gasteiger charge is -2.10. The first-order valence-corrected chi connectivity index (χ1v) is 6.47. The maximum Gasteiger partial charge on any atom is 0.350 e. The smallest absolute Gasteiger partial charge is 0.350 e. The van der Waals surface area contributed by atoms with Crippen molar-refractivity contribution in [1.82, 2.24) is 0 Å². The van der Waals surface area contributed by atoms with Crippen molar-refractivity contribution in [2.45, 2.75) is 52.9 Å². The zero-order chi connectivity index (χ0) is 13.7. The molecule has 0 aliphatic heterocycles. The highest BCUT2D eigenvalue weighted by Crippen LogP contribution is 2.26. The molecule has 18 heavy (non-hydrogen) atoms. The lowest BCUT2D eigenvalue weighted by molar-refractivity contribution is 0.0974. The topological polar surface area (TPSA) is 67.5 Å². The Kier molecular flexibility index (Phi) is 5.13. The summed E-state index contributed by atoms with van der Waals surface area (Å²) in [7, 11) is 0. The number of hydrogen-bond acceptors (Lipinski definition) is 4. The van der Waals surface area contributed by atoms with Crippen LogP contribution >= 0.6 is 0 Å². The fourth-order valence-corrected chi connectivity index (χ4v) is 2.00. The van der Waals surface area contributed by atoms with Crippen LogP contribution in [0.15, 0.2) is 9.21 Å². The molecule has 1 rings (SSSR count). The highest BCUT2D eigenvalue weighted by molar-refractivity contribution is 5.98. The Morgan fingerprint density at radius 2 is 1.89 bits per heavy atom. The Balaban J connectivity index is 3.38. The van der Waals surface area contributed by atoms with E-state index in [0.29, 0.717) is 30.6 Å². The van der Waals surface area contributed by atoms with Gasteiger partial charge in [0.25, 0.3) is 0 Å². The SMILES string of the molecule is CCCC(=O)c1c(O)c(CC)c(CCC)oc1=O. The van der Waals surface area contributed by atoms with Gasteiger partial charge in [-0.2, -0.15) is 0 Å². The van der Waals surface area contributed by atoms with Gasteiger partial charge in [0.2, 0.25) is 0 Å². The quantitative estimate of drug-likeness (QED) is 0.790. The first-order chi connectivity index (χ1) is 8.56. The summed E-state index contributed by atoms with van der Waals surface area (Å²) in [5.74, 6) is -0.0345. The summed E-state index contributed by atoms with van der Waals surface area (Å²) in [6, 6.07) is 0. The molecule has 0 aromatic carbocycles. The Morgan fingerprint density at radius 3 is 2.39 bits per heavy atom. The first kappa shape index (κ1) is 14.5. The van der Waals surface area contributed by atoms with Crippen LogP contribution in [0.1, 0.15) is 61.7 Å². The van der Waals surface area contributed by atoms with Crippen LogP contribution in [0.2, 0.25) is 0 Å². The van der Waals surface area contributed by atoms with Gasteiger partial charge in [-0.1, -0.05) is 20.8 Å². The average molecular weight is 252 g/mol. The molecule has 0 aliphatic rings. The first-order valence-electron chi connectivity index (χ1n) is 6.47. The molecule has 0 spiro atoms. The zero-order valence-electron chi connectivity index (χ0n) is 11.2. The fourth-order valence-electron chi connectivity index (χ4n) is 2.00. The van der Waals surface area contributed by atoms with E-state index in [-0.39, 0.29) is 23.5 Å². The lowest BCUT2D eigenvalue weighted by atomic mass is 10.0. The van der Waals surface area contributed by atoms with Gasteiger partial charge < -0.3 is 9.52 Å². The third-order valence-electron chi connectivity index (χ3n) is 2.87. The van der Waals surface area contributed by atoms with E-state index >= 15 is 0 Å². The number of carbonyl (C=O) groups excluding carboxylic acids is 1. The van der Waals surface area contributed by atoms with Gasteiger partial charge in [-0.15, -0.1) is 0 Å². The molecule has 4 heteroatoms. The molecule has 1 heterocycles. The second kappa shape index (κ2) is 6.38. The van der Waals surface area contributed by atoms with Crippen LogP contribution in [0, 0.1) is 0 Å². The molecule has 4 nitrogen and oxygen atoms in total. The predicted molar refractivity (Wildman–Crippen MR) is 69.3 cm³/mol. The van der Waals surface area contributed by atoms with Crippen LogP contribution in [0.25, 0.3) is 0 Å². The van der Waals surface area contributed by atoms with E-state index in [1.807, 2.05) is 20.8 Å². The molecule has 0 atom stereocenters. The van der Waals surface area contributed by atoms with Crippen molar-refractivity contribution in [3.63, 3.8) is 0 Å². The maximum atomic E-state index is 11.8. The van der Waals surface area contributed by atoms with Crippen LogP contribution in [-0.2, 0) is 12.8 Å². The molecule has 0 saturated heterocycles. The number of rotatable bonds is 6. The van der Waals surface area contributed by atoms with Gasteiger partial charge >= 0.3 is 5.63 Å². The number of carbonyl (C=O) groups is 1. The Hall–Kier alpha value is -1.58. The van der Waals surface area contributed by atoms with Crippen LogP contribution < -0.4 is 5.63 Å². The number of aromatic hydroxyl groups is 1. The van der Waals surface area contributed by atoms with E-state index < -0.39 is 5.63 Å². The molecular formula is C14H20O4. The minimum Gasteiger partial charge on any atom is -0.506 e. The number of aryl methyl sites for hydroxylation is 1. The molecule has 0 saturated carbocycles. The second-order valence-electron chi connectivity index (χ2n) is 4.29. The molecule has 0 radical (unpaired) electrons. The van der Waals surface area contributed by atoms with Crippen molar-refractivity contribution in [3.05, 3.63) is 27.3 Å². The van der Waals surface area contributed by atoms with Gasteiger partial charge in [0, 0.05) is 18.4 Å². The second-order valence-corrected chi connectivity index (χ2v) is 4.29. The fraction of sp³-hybridized carbons (Fsp3) is 0.571. The van der Waals surface area contributed by atoms with Crippen LogP contribution in [0.3, 0.4) is 0 Å². The van der Waals surface area contributed by atoms with Crippen molar-refractivity contribution in [3.8, 4) is 5.75 Å². The zero-order valence-corrected chi connectivity index (χ0v) is 11.2.